The Kier molecular flexibility index (Phi) is 4.20. The summed E-state index contributed by atoms with van der Waals surface area (Å²) >= 11 is 0. The minimum absolute atomic E-state index is 0.742. The second-order valence-electron chi connectivity index (χ2n) is 5.96. The highest BCUT2D eigenvalue weighted by atomic mass is 15.2. The number of aromatic nitrogens is 1. The summed E-state index contributed by atoms with van der Waals surface area (Å²) < 4.78 is 0. The van der Waals surface area contributed by atoms with E-state index in [4.69, 9.17) is 0 Å². The molecule has 1 fully saturated rings. The molecule has 0 amide bonds. The maximum atomic E-state index is 4.51. The third-order valence-electron chi connectivity index (χ3n) is 4.04. The molecular formula is C18H23N3. The lowest BCUT2D eigenvalue weighted by molar-refractivity contribution is 0.686. The van der Waals surface area contributed by atoms with Crippen LogP contribution in [0.3, 0.4) is 0 Å². The van der Waals surface area contributed by atoms with Crippen molar-refractivity contribution in [3.05, 3.63) is 59.3 Å². The summed E-state index contributed by atoms with van der Waals surface area (Å²) in [5.74, 6) is 1.04. The van der Waals surface area contributed by atoms with E-state index < -0.39 is 0 Å². The molecule has 1 heterocycles. The van der Waals surface area contributed by atoms with Crippen LogP contribution < -0.4 is 10.2 Å². The first-order valence-corrected chi connectivity index (χ1v) is 7.66. The number of nitrogens with zero attached hydrogens (tertiary/aromatic N) is 2. The van der Waals surface area contributed by atoms with Crippen LogP contribution in [0.2, 0.25) is 0 Å². The van der Waals surface area contributed by atoms with Crippen LogP contribution in [-0.2, 0) is 13.1 Å². The van der Waals surface area contributed by atoms with Gasteiger partial charge in [0, 0.05) is 32.4 Å². The van der Waals surface area contributed by atoms with Crippen LogP contribution in [0.1, 0.15) is 29.5 Å². The lowest BCUT2D eigenvalue weighted by Gasteiger charge is -2.20. The summed E-state index contributed by atoms with van der Waals surface area (Å²) in [5, 5.41) is 3.55. The van der Waals surface area contributed by atoms with Crippen LogP contribution in [0, 0.1) is 6.92 Å². The van der Waals surface area contributed by atoms with Gasteiger partial charge in [0.25, 0.3) is 0 Å². The molecule has 1 aromatic carbocycles. The van der Waals surface area contributed by atoms with Crippen LogP contribution >= 0.6 is 0 Å². The maximum Gasteiger partial charge on any atom is 0.128 e. The van der Waals surface area contributed by atoms with Gasteiger partial charge in [0.05, 0.1) is 0 Å². The highest BCUT2D eigenvalue weighted by molar-refractivity contribution is 5.42. The SMILES string of the molecule is Cc1ccccc1CN(C)c1cc(CNC2CC2)ccn1. The summed E-state index contributed by atoms with van der Waals surface area (Å²) in [4.78, 5) is 6.72. The lowest BCUT2D eigenvalue weighted by Crippen LogP contribution is -2.19. The van der Waals surface area contributed by atoms with Gasteiger partial charge in [-0.2, -0.15) is 0 Å². The predicted molar refractivity (Wildman–Crippen MR) is 87.4 cm³/mol. The predicted octanol–water partition coefficient (Wildman–Crippen LogP) is 3.28. The van der Waals surface area contributed by atoms with Gasteiger partial charge in [-0.1, -0.05) is 24.3 Å². The van der Waals surface area contributed by atoms with Crippen molar-refractivity contribution in [3.63, 3.8) is 0 Å². The zero-order chi connectivity index (χ0) is 14.7. The fourth-order valence-electron chi connectivity index (χ4n) is 2.45. The molecule has 0 bridgehead atoms. The lowest BCUT2D eigenvalue weighted by atomic mass is 10.1. The molecule has 2 aromatic rings. The molecule has 0 unspecified atom stereocenters. The molecule has 0 aliphatic heterocycles. The highest BCUT2D eigenvalue weighted by Crippen LogP contribution is 2.20. The van der Waals surface area contributed by atoms with Crippen LogP contribution in [0.25, 0.3) is 0 Å². The van der Waals surface area contributed by atoms with Gasteiger partial charge in [0.1, 0.15) is 5.82 Å². The van der Waals surface area contributed by atoms with E-state index in [0.29, 0.717) is 0 Å². The molecule has 3 heteroatoms. The molecule has 0 radical (unpaired) electrons. The Morgan fingerprint density at radius 3 is 2.81 bits per heavy atom. The van der Waals surface area contributed by atoms with Crippen molar-refractivity contribution in [3.8, 4) is 0 Å². The van der Waals surface area contributed by atoms with Crippen LogP contribution in [-0.4, -0.2) is 18.1 Å². The van der Waals surface area contributed by atoms with Crippen LogP contribution in [0.4, 0.5) is 5.82 Å². The molecule has 1 aromatic heterocycles. The molecular weight excluding hydrogens is 258 g/mol. The monoisotopic (exact) mass is 281 g/mol. The van der Waals surface area contributed by atoms with E-state index >= 15 is 0 Å². The topological polar surface area (TPSA) is 28.2 Å². The van der Waals surface area contributed by atoms with E-state index in [1.807, 2.05) is 6.20 Å². The Balaban J connectivity index is 1.67. The van der Waals surface area contributed by atoms with Crippen molar-refractivity contribution >= 4 is 5.82 Å². The summed E-state index contributed by atoms with van der Waals surface area (Å²) in [6.45, 7) is 3.99. The Labute approximate surface area is 127 Å². The van der Waals surface area contributed by atoms with E-state index in [0.717, 1.165) is 24.9 Å². The van der Waals surface area contributed by atoms with Gasteiger partial charge < -0.3 is 10.2 Å². The van der Waals surface area contributed by atoms with Gasteiger partial charge >= 0.3 is 0 Å². The molecule has 110 valence electrons. The van der Waals surface area contributed by atoms with Gasteiger partial charge in [-0.05, 0) is 48.6 Å². The van der Waals surface area contributed by atoms with Crippen molar-refractivity contribution < 1.29 is 0 Å². The van der Waals surface area contributed by atoms with Crippen LogP contribution in [0.5, 0.6) is 0 Å². The minimum Gasteiger partial charge on any atom is -0.355 e. The average Bonchev–Trinajstić information content (AvgIpc) is 3.32. The number of hydrogen-bond donors (Lipinski definition) is 1. The first-order valence-electron chi connectivity index (χ1n) is 7.66. The zero-order valence-corrected chi connectivity index (χ0v) is 12.8. The van der Waals surface area contributed by atoms with Gasteiger partial charge in [-0.15, -0.1) is 0 Å². The normalized spacial score (nSPS) is 14.2. The number of nitrogens with one attached hydrogen (secondary N) is 1. The largest absolute Gasteiger partial charge is 0.355 e. The summed E-state index contributed by atoms with van der Waals surface area (Å²) in [7, 11) is 2.10. The van der Waals surface area contributed by atoms with Crippen molar-refractivity contribution in [2.45, 2.75) is 38.9 Å². The Hall–Kier alpha value is -1.87. The molecule has 1 saturated carbocycles. The van der Waals surface area contributed by atoms with E-state index in [-0.39, 0.29) is 0 Å². The van der Waals surface area contributed by atoms with Crippen LogP contribution in [0.15, 0.2) is 42.6 Å². The van der Waals surface area contributed by atoms with Gasteiger partial charge in [0.15, 0.2) is 0 Å². The number of rotatable bonds is 6. The maximum absolute atomic E-state index is 4.51. The van der Waals surface area contributed by atoms with E-state index in [9.17, 15) is 0 Å². The molecule has 1 N–H and O–H groups in total. The minimum atomic E-state index is 0.742. The second-order valence-corrected chi connectivity index (χ2v) is 5.96. The molecule has 21 heavy (non-hydrogen) atoms. The third-order valence-corrected chi connectivity index (χ3v) is 4.04. The second kappa shape index (κ2) is 6.27. The van der Waals surface area contributed by atoms with E-state index in [1.165, 1.54) is 29.5 Å². The molecule has 3 nitrogen and oxygen atoms in total. The number of aryl methyl sites for hydroxylation is 1. The highest BCUT2D eigenvalue weighted by Gasteiger charge is 2.20. The van der Waals surface area contributed by atoms with Crippen molar-refractivity contribution in [1.29, 1.82) is 0 Å². The fourth-order valence-corrected chi connectivity index (χ4v) is 2.45. The van der Waals surface area contributed by atoms with Crippen molar-refractivity contribution in [2.24, 2.45) is 0 Å². The Bertz CT molecular complexity index is 605. The Morgan fingerprint density at radius 1 is 1.24 bits per heavy atom. The quantitative estimate of drug-likeness (QED) is 0.880. The fraction of sp³-hybridized carbons (Fsp3) is 0.389. The number of hydrogen-bond acceptors (Lipinski definition) is 3. The first kappa shape index (κ1) is 14.1. The van der Waals surface area contributed by atoms with Crippen molar-refractivity contribution in [2.75, 3.05) is 11.9 Å². The smallest absolute Gasteiger partial charge is 0.128 e. The zero-order valence-electron chi connectivity index (χ0n) is 12.8. The van der Waals surface area contributed by atoms with E-state index in [1.54, 1.807) is 0 Å². The molecule has 0 spiro atoms. The summed E-state index contributed by atoms with van der Waals surface area (Å²) in [6.07, 6.45) is 4.56. The van der Waals surface area contributed by atoms with E-state index in [2.05, 4.69) is 65.6 Å². The average molecular weight is 281 g/mol. The number of benzene rings is 1. The third kappa shape index (κ3) is 3.82. The summed E-state index contributed by atoms with van der Waals surface area (Å²) in [6, 6.07) is 13.6. The molecule has 1 aliphatic rings. The molecule has 1 aliphatic carbocycles. The molecule has 3 rings (SSSR count). The molecule has 0 atom stereocenters. The Morgan fingerprint density at radius 2 is 2.05 bits per heavy atom. The number of pyridine rings is 1. The standard InChI is InChI=1S/C18H23N3/c1-14-5-3-4-6-16(14)13-21(2)18-11-15(9-10-19-18)12-20-17-7-8-17/h3-6,9-11,17,20H,7-8,12-13H2,1-2H3. The van der Waals surface area contributed by atoms with Gasteiger partial charge in [-0.3, -0.25) is 0 Å². The van der Waals surface area contributed by atoms with Gasteiger partial charge in [-0.25, -0.2) is 4.98 Å². The first-order chi connectivity index (χ1) is 10.2. The number of anilines is 1. The van der Waals surface area contributed by atoms with Gasteiger partial charge in [0.2, 0.25) is 0 Å². The van der Waals surface area contributed by atoms with Crippen molar-refractivity contribution in [1.82, 2.24) is 10.3 Å². The molecule has 0 saturated heterocycles. The summed E-state index contributed by atoms with van der Waals surface area (Å²) in [5.41, 5.74) is 3.99.